The van der Waals surface area contributed by atoms with Crippen LogP contribution in [0, 0.1) is 11.7 Å². The SMILES string of the molecule is CC(C)C1NC(=O)C(C)N(c2cc(Cl)c(F)c(Cl)c2)C1=O. The van der Waals surface area contributed by atoms with Gasteiger partial charge in [0.2, 0.25) is 5.91 Å². The van der Waals surface area contributed by atoms with E-state index in [1.54, 1.807) is 6.92 Å². The maximum absolute atomic E-state index is 13.5. The fourth-order valence-electron chi connectivity index (χ4n) is 2.28. The van der Waals surface area contributed by atoms with Crippen molar-refractivity contribution in [2.45, 2.75) is 32.9 Å². The van der Waals surface area contributed by atoms with Gasteiger partial charge in [0.05, 0.1) is 10.0 Å². The fourth-order valence-corrected chi connectivity index (χ4v) is 2.75. The number of benzene rings is 1. The maximum atomic E-state index is 13.5. The Morgan fingerprint density at radius 1 is 1.24 bits per heavy atom. The number of nitrogens with one attached hydrogen (secondary N) is 1. The standard InChI is InChI=1S/C14H15Cl2FN2O2/c1-6(2)12-14(21)19(7(3)13(20)18-12)8-4-9(15)11(17)10(16)5-8/h4-7,12H,1-3H3,(H,18,20). The molecule has 0 saturated carbocycles. The third-order valence-corrected chi connectivity index (χ3v) is 4.03. The van der Waals surface area contributed by atoms with E-state index in [0.717, 1.165) is 0 Å². The molecule has 0 radical (unpaired) electrons. The summed E-state index contributed by atoms with van der Waals surface area (Å²) in [6, 6.07) is 1.25. The molecule has 1 saturated heterocycles. The van der Waals surface area contributed by atoms with Gasteiger partial charge in [-0.15, -0.1) is 0 Å². The molecule has 2 rings (SSSR count). The topological polar surface area (TPSA) is 49.4 Å². The Hall–Kier alpha value is -1.33. The van der Waals surface area contributed by atoms with E-state index >= 15 is 0 Å². The van der Waals surface area contributed by atoms with E-state index in [0.29, 0.717) is 5.69 Å². The van der Waals surface area contributed by atoms with E-state index in [4.69, 9.17) is 23.2 Å². The summed E-state index contributed by atoms with van der Waals surface area (Å²) in [7, 11) is 0. The molecule has 0 bridgehead atoms. The van der Waals surface area contributed by atoms with E-state index < -0.39 is 17.9 Å². The van der Waals surface area contributed by atoms with Crippen LogP contribution < -0.4 is 10.2 Å². The van der Waals surface area contributed by atoms with Gasteiger partial charge in [-0.1, -0.05) is 37.0 Å². The molecule has 21 heavy (non-hydrogen) atoms. The van der Waals surface area contributed by atoms with Crippen molar-refractivity contribution in [3.8, 4) is 0 Å². The Kier molecular flexibility index (Phi) is 4.44. The van der Waals surface area contributed by atoms with Gasteiger partial charge in [-0.05, 0) is 25.0 Å². The van der Waals surface area contributed by atoms with Crippen molar-refractivity contribution in [2.75, 3.05) is 4.90 Å². The zero-order valence-electron chi connectivity index (χ0n) is 11.8. The average molecular weight is 333 g/mol. The Bertz CT molecular complexity index is 584. The van der Waals surface area contributed by atoms with E-state index in [9.17, 15) is 14.0 Å². The minimum absolute atomic E-state index is 0.0668. The van der Waals surface area contributed by atoms with E-state index in [-0.39, 0.29) is 27.8 Å². The molecule has 2 atom stereocenters. The van der Waals surface area contributed by atoms with E-state index in [1.165, 1.54) is 17.0 Å². The number of hydrogen-bond donors (Lipinski definition) is 1. The van der Waals surface area contributed by atoms with Crippen molar-refractivity contribution >= 4 is 40.7 Å². The van der Waals surface area contributed by atoms with Crippen molar-refractivity contribution in [3.05, 3.63) is 28.0 Å². The van der Waals surface area contributed by atoms with Crippen molar-refractivity contribution < 1.29 is 14.0 Å². The highest BCUT2D eigenvalue weighted by Gasteiger charge is 2.40. The second kappa shape index (κ2) is 5.81. The minimum atomic E-state index is -0.746. The third-order valence-electron chi connectivity index (χ3n) is 3.48. The lowest BCUT2D eigenvalue weighted by atomic mass is 9.98. The first-order valence-corrected chi connectivity index (χ1v) is 7.27. The number of carbonyl (C=O) groups excluding carboxylic acids is 2. The van der Waals surface area contributed by atoms with Gasteiger partial charge in [-0.25, -0.2) is 4.39 Å². The lowest BCUT2D eigenvalue weighted by molar-refractivity contribution is -0.134. The minimum Gasteiger partial charge on any atom is -0.342 e. The summed E-state index contributed by atoms with van der Waals surface area (Å²) in [5.74, 6) is -1.35. The van der Waals surface area contributed by atoms with Crippen LogP contribution in [-0.2, 0) is 9.59 Å². The predicted molar refractivity (Wildman–Crippen MR) is 80.1 cm³/mol. The summed E-state index contributed by atoms with van der Waals surface area (Å²) in [6.45, 7) is 5.26. The van der Waals surface area contributed by atoms with E-state index in [2.05, 4.69) is 5.32 Å². The van der Waals surface area contributed by atoms with Gasteiger partial charge in [0.25, 0.3) is 5.91 Å². The smallest absolute Gasteiger partial charge is 0.250 e. The summed E-state index contributed by atoms with van der Waals surface area (Å²) < 4.78 is 13.5. The highest BCUT2D eigenvalue weighted by molar-refractivity contribution is 6.35. The number of anilines is 1. The molecule has 1 aromatic rings. The first kappa shape index (κ1) is 16.0. The monoisotopic (exact) mass is 332 g/mol. The molecule has 0 aliphatic carbocycles. The van der Waals surface area contributed by atoms with Gasteiger partial charge in [0, 0.05) is 5.69 Å². The van der Waals surface area contributed by atoms with E-state index in [1.807, 2.05) is 13.8 Å². The van der Waals surface area contributed by atoms with Gasteiger partial charge >= 0.3 is 0 Å². The normalized spacial score (nSPS) is 22.7. The van der Waals surface area contributed by atoms with Crippen LogP contribution in [0.2, 0.25) is 10.0 Å². The zero-order valence-corrected chi connectivity index (χ0v) is 13.3. The second-order valence-corrected chi connectivity index (χ2v) is 6.15. The lowest BCUT2D eigenvalue weighted by Gasteiger charge is -2.38. The highest BCUT2D eigenvalue weighted by atomic mass is 35.5. The van der Waals surface area contributed by atoms with Gasteiger partial charge in [0.15, 0.2) is 5.82 Å². The summed E-state index contributed by atoms with van der Waals surface area (Å²) in [5, 5.41) is 2.31. The molecule has 1 aliphatic heterocycles. The Balaban J connectivity index is 2.49. The Morgan fingerprint density at radius 2 is 1.76 bits per heavy atom. The molecule has 0 aromatic heterocycles. The molecule has 2 amide bonds. The molecule has 1 fully saturated rings. The van der Waals surface area contributed by atoms with Crippen LogP contribution in [0.15, 0.2) is 12.1 Å². The Morgan fingerprint density at radius 3 is 2.24 bits per heavy atom. The van der Waals surface area contributed by atoms with Crippen LogP contribution in [0.25, 0.3) is 0 Å². The first-order chi connectivity index (χ1) is 9.73. The quantitative estimate of drug-likeness (QED) is 0.846. The van der Waals surface area contributed by atoms with Gasteiger partial charge in [-0.2, -0.15) is 0 Å². The predicted octanol–water partition coefficient (Wildman–Crippen LogP) is 3.01. The zero-order chi connectivity index (χ0) is 15.9. The number of piperazine rings is 1. The van der Waals surface area contributed by atoms with Crippen LogP contribution in [0.1, 0.15) is 20.8 Å². The third kappa shape index (κ3) is 2.85. The van der Waals surface area contributed by atoms with Crippen LogP contribution >= 0.6 is 23.2 Å². The molecule has 1 aliphatic rings. The molecule has 1 N–H and O–H groups in total. The summed E-state index contributed by atoms with van der Waals surface area (Å²) in [5.41, 5.74) is 0.310. The molecular weight excluding hydrogens is 318 g/mol. The average Bonchev–Trinajstić information content (AvgIpc) is 2.40. The van der Waals surface area contributed by atoms with Crippen LogP contribution in [-0.4, -0.2) is 23.9 Å². The Labute approximate surface area is 132 Å². The van der Waals surface area contributed by atoms with Crippen LogP contribution in [0.5, 0.6) is 0 Å². The maximum Gasteiger partial charge on any atom is 0.250 e. The molecule has 1 heterocycles. The van der Waals surface area contributed by atoms with Crippen molar-refractivity contribution in [3.63, 3.8) is 0 Å². The molecule has 0 spiro atoms. The molecule has 7 heteroatoms. The number of amides is 2. The number of rotatable bonds is 2. The second-order valence-electron chi connectivity index (χ2n) is 5.34. The summed E-state index contributed by atoms with van der Waals surface area (Å²) in [4.78, 5) is 25.9. The van der Waals surface area contributed by atoms with Crippen LogP contribution in [0.4, 0.5) is 10.1 Å². The number of nitrogens with zero attached hydrogens (tertiary/aromatic N) is 1. The molecule has 114 valence electrons. The van der Waals surface area contributed by atoms with Gasteiger partial charge in [0.1, 0.15) is 12.1 Å². The molecular formula is C14H15Cl2FN2O2. The number of halogens is 3. The van der Waals surface area contributed by atoms with Crippen LogP contribution in [0.3, 0.4) is 0 Å². The van der Waals surface area contributed by atoms with Gasteiger partial charge in [-0.3, -0.25) is 14.5 Å². The lowest BCUT2D eigenvalue weighted by Crippen LogP contribution is -2.64. The number of carbonyl (C=O) groups is 2. The highest BCUT2D eigenvalue weighted by Crippen LogP contribution is 2.32. The summed E-state index contributed by atoms with van der Waals surface area (Å²) >= 11 is 11.5. The molecule has 4 nitrogen and oxygen atoms in total. The van der Waals surface area contributed by atoms with Crippen molar-refractivity contribution in [2.24, 2.45) is 5.92 Å². The largest absolute Gasteiger partial charge is 0.342 e. The molecule has 1 aromatic carbocycles. The number of hydrogen-bond acceptors (Lipinski definition) is 2. The first-order valence-electron chi connectivity index (χ1n) is 6.52. The van der Waals surface area contributed by atoms with Crippen molar-refractivity contribution in [1.82, 2.24) is 5.32 Å². The fraction of sp³-hybridized carbons (Fsp3) is 0.429. The summed E-state index contributed by atoms with van der Waals surface area (Å²) in [6.07, 6.45) is 0. The molecule has 2 unspecified atom stereocenters. The van der Waals surface area contributed by atoms with Crippen molar-refractivity contribution in [1.29, 1.82) is 0 Å². The van der Waals surface area contributed by atoms with Gasteiger partial charge < -0.3 is 5.32 Å².